The third kappa shape index (κ3) is 8.30. The van der Waals surface area contributed by atoms with Gasteiger partial charge in [-0.2, -0.15) is 26.3 Å². The molecule has 0 saturated carbocycles. The number of hydrogen-bond donors (Lipinski definition) is 2. The summed E-state index contributed by atoms with van der Waals surface area (Å²) in [6.45, 7) is 8.57. The van der Waals surface area contributed by atoms with Crippen molar-refractivity contribution in [3.63, 3.8) is 0 Å². The highest BCUT2D eigenvalue weighted by atomic mass is 32.2. The van der Waals surface area contributed by atoms with E-state index < -0.39 is 60.5 Å². The average Bonchev–Trinajstić information content (AvgIpc) is 2.70. The summed E-state index contributed by atoms with van der Waals surface area (Å²) in [5.41, 5.74) is -11.5. The van der Waals surface area contributed by atoms with Crippen molar-refractivity contribution in [2.45, 2.75) is 70.2 Å². The molecule has 15 heteroatoms. The molecule has 0 aliphatic heterocycles. The molecule has 1 aromatic carbocycles. The van der Waals surface area contributed by atoms with Crippen LogP contribution in [0.3, 0.4) is 0 Å². The largest absolute Gasteiger partial charge is 0.511 e. The zero-order valence-corrected chi connectivity index (χ0v) is 22.4. The van der Waals surface area contributed by atoms with Gasteiger partial charge >= 0.3 is 31.1 Å². The van der Waals surface area contributed by atoms with Crippen molar-refractivity contribution >= 4 is 20.0 Å². The predicted molar refractivity (Wildman–Crippen MR) is 125 cm³/mol. The number of rotatable bonds is 12. The van der Waals surface area contributed by atoms with Crippen molar-refractivity contribution in [3.8, 4) is 0 Å². The number of hydrogen-bond acceptors (Lipinski definition) is 5. The summed E-state index contributed by atoms with van der Waals surface area (Å²) in [4.78, 5) is 1.48. The molecule has 0 aromatic heterocycles. The Morgan fingerprint density at radius 2 is 1.06 bits per heavy atom. The van der Waals surface area contributed by atoms with E-state index in [1.54, 1.807) is 53.6 Å². The third-order valence-electron chi connectivity index (χ3n) is 5.94. The summed E-state index contributed by atoms with van der Waals surface area (Å²) < 4.78 is 129. The molecule has 1 aromatic rings. The molecule has 0 bridgehead atoms. The number of halogens is 6. The van der Waals surface area contributed by atoms with Crippen LogP contribution in [0.4, 0.5) is 26.3 Å². The zero-order valence-electron chi connectivity index (χ0n) is 20.8. The molecule has 7 nitrogen and oxygen atoms in total. The summed E-state index contributed by atoms with van der Waals surface area (Å²) in [7, 11) is -11.5. The summed E-state index contributed by atoms with van der Waals surface area (Å²) in [6.07, 6.45) is 0. The van der Waals surface area contributed by atoms with Gasteiger partial charge < -0.3 is 0 Å². The molecular weight excluding hydrogens is 536 g/mol. The Balaban J connectivity index is 3.52. The smallest absolute Gasteiger partial charge is 0.291 e. The first kappa shape index (κ1) is 32.6. The van der Waals surface area contributed by atoms with Crippen LogP contribution in [0.1, 0.15) is 47.1 Å². The van der Waals surface area contributed by atoms with E-state index in [2.05, 4.69) is 0 Å². The molecule has 0 unspecified atom stereocenters. The third-order valence-corrected chi connectivity index (χ3v) is 8.38. The van der Waals surface area contributed by atoms with Crippen LogP contribution in [-0.4, -0.2) is 57.9 Å². The van der Waals surface area contributed by atoms with E-state index in [0.717, 1.165) is 0 Å². The average molecular weight is 570 g/mol. The molecule has 0 aliphatic carbocycles. The lowest BCUT2D eigenvalue weighted by molar-refractivity contribution is -0.0457. The summed E-state index contributed by atoms with van der Waals surface area (Å²) in [5.74, 6) is -1.30. The first-order chi connectivity index (χ1) is 16.0. The van der Waals surface area contributed by atoms with Gasteiger partial charge in [0.1, 0.15) is 0 Å². The van der Waals surface area contributed by atoms with E-state index >= 15 is 0 Å². The minimum absolute atomic E-state index is 0.355. The van der Waals surface area contributed by atoms with Gasteiger partial charge in [-0.1, -0.05) is 58.0 Å². The second-order valence-corrected chi connectivity index (χ2v) is 13.1. The first-order valence-corrected chi connectivity index (χ1v) is 14.0. The molecule has 210 valence electrons. The van der Waals surface area contributed by atoms with Crippen molar-refractivity contribution in [2.24, 2.45) is 11.8 Å². The number of nitrogens with one attached hydrogen (secondary N) is 2. The van der Waals surface area contributed by atoms with Gasteiger partial charge in [-0.3, -0.25) is 4.90 Å². The fraction of sp³-hybridized carbons (Fsp3) is 0.714. The minimum Gasteiger partial charge on any atom is -0.291 e. The molecule has 0 saturated heterocycles. The van der Waals surface area contributed by atoms with Gasteiger partial charge in [0, 0.05) is 30.7 Å². The van der Waals surface area contributed by atoms with Gasteiger partial charge in [0.25, 0.3) is 0 Å². The van der Waals surface area contributed by atoms with Gasteiger partial charge in [0.05, 0.1) is 0 Å². The Hall–Kier alpha value is -1.42. The Kier molecular flexibility index (Phi) is 10.5. The van der Waals surface area contributed by atoms with E-state index in [4.69, 9.17) is 0 Å². The molecule has 0 radical (unpaired) electrons. The standard InChI is InChI=1S/C21H33F6N3O4S2/c1-14(2)17(28-35(31,32)20(22,23)24)12-30(19(5,6)16-10-8-7-9-11-16)13-18(15(3)4)29-36(33,34)21(25,26)27/h7-11,14-15,17-18,28-29H,12-13H2,1-6H3/t17-,18-/m1/s1. The Morgan fingerprint density at radius 1 is 0.722 bits per heavy atom. The molecular formula is C21H33F6N3O4S2. The van der Waals surface area contributed by atoms with Gasteiger partial charge in [0.15, 0.2) is 0 Å². The van der Waals surface area contributed by atoms with Crippen LogP contribution in [-0.2, 0) is 25.6 Å². The van der Waals surface area contributed by atoms with E-state index in [-0.39, 0.29) is 13.1 Å². The number of benzene rings is 1. The maximum absolute atomic E-state index is 13.1. The number of sulfonamides is 2. The zero-order chi connectivity index (χ0) is 28.3. The fourth-order valence-electron chi connectivity index (χ4n) is 3.33. The van der Waals surface area contributed by atoms with Crippen molar-refractivity contribution in [1.29, 1.82) is 0 Å². The fourth-order valence-corrected chi connectivity index (χ4v) is 5.09. The van der Waals surface area contributed by atoms with Gasteiger partial charge in [-0.25, -0.2) is 26.3 Å². The Morgan fingerprint density at radius 3 is 1.33 bits per heavy atom. The highest BCUT2D eigenvalue weighted by molar-refractivity contribution is 7.90. The number of nitrogens with zero attached hydrogens (tertiary/aromatic N) is 1. The quantitative estimate of drug-likeness (QED) is 0.369. The molecule has 2 atom stereocenters. The van der Waals surface area contributed by atoms with Crippen molar-refractivity contribution < 1.29 is 43.2 Å². The predicted octanol–water partition coefficient (Wildman–Crippen LogP) is 4.15. The highest BCUT2D eigenvalue weighted by Gasteiger charge is 2.49. The van der Waals surface area contributed by atoms with Gasteiger partial charge in [-0.05, 0) is 31.2 Å². The van der Waals surface area contributed by atoms with E-state index in [1.165, 1.54) is 32.6 Å². The van der Waals surface area contributed by atoms with Crippen LogP contribution in [0.25, 0.3) is 0 Å². The van der Waals surface area contributed by atoms with Gasteiger partial charge in [0.2, 0.25) is 0 Å². The topological polar surface area (TPSA) is 95.6 Å². The molecule has 0 amide bonds. The first-order valence-electron chi connectivity index (χ1n) is 11.0. The molecule has 36 heavy (non-hydrogen) atoms. The van der Waals surface area contributed by atoms with E-state index in [9.17, 15) is 43.2 Å². The lowest BCUT2D eigenvalue weighted by Crippen LogP contribution is -2.58. The van der Waals surface area contributed by atoms with Crippen molar-refractivity contribution in [3.05, 3.63) is 35.9 Å². The summed E-state index contributed by atoms with van der Waals surface area (Å²) in [5, 5.41) is 0. The lowest BCUT2D eigenvalue weighted by Gasteiger charge is -2.44. The van der Waals surface area contributed by atoms with Crippen LogP contribution in [0, 0.1) is 11.8 Å². The molecule has 1 rings (SSSR count). The SMILES string of the molecule is CC(C)[C@@H](CN(C[C@@H](NS(=O)(=O)C(F)(F)F)C(C)C)C(C)(C)c1ccccc1)NS(=O)(=O)C(F)(F)F. The normalized spacial score (nSPS) is 16.1. The molecule has 2 N–H and O–H groups in total. The Labute approximate surface area is 208 Å². The molecule has 0 spiro atoms. The highest BCUT2D eigenvalue weighted by Crippen LogP contribution is 2.31. The van der Waals surface area contributed by atoms with Crippen LogP contribution in [0.2, 0.25) is 0 Å². The second-order valence-electron chi connectivity index (χ2n) is 9.67. The van der Waals surface area contributed by atoms with Gasteiger partial charge in [-0.15, -0.1) is 0 Å². The second kappa shape index (κ2) is 11.5. The maximum Gasteiger partial charge on any atom is 0.511 e. The van der Waals surface area contributed by atoms with Crippen LogP contribution in [0.15, 0.2) is 30.3 Å². The maximum atomic E-state index is 13.1. The Bertz CT molecular complexity index is 997. The molecule has 0 fully saturated rings. The summed E-state index contributed by atoms with van der Waals surface area (Å²) >= 11 is 0. The molecule has 0 heterocycles. The van der Waals surface area contributed by atoms with E-state index in [1.807, 2.05) is 0 Å². The monoisotopic (exact) mass is 569 g/mol. The lowest BCUT2D eigenvalue weighted by atomic mass is 9.89. The van der Waals surface area contributed by atoms with Crippen LogP contribution >= 0.6 is 0 Å². The number of alkyl halides is 6. The summed E-state index contributed by atoms with van der Waals surface area (Å²) in [6, 6.07) is 5.88. The van der Waals surface area contributed by atoms with E-state index in [0.29, 0.717) is 5.56 Å². The van der Waals surface area contributed by atoms with Crippen molar-refractivity contribution in [2.75, 3.05) is 13.1 Å². The van der Waals surface area contributed by atoms with Crippen LogP contribution < -0.4 is 9.44 Å². The van der Waals surface area contributed by atoms with Crippen LogP contribution in [0.5, 0.6) is 0 Å². The molecule has 0 aliphatic rings. The minimum atomic E-state index is -5.73. The van der Waals surface area contributed by atoms with Crippen molar-refractivity contribution in [1.82, 2.24) is 14.3 Å².